The van der Waals surface area contributed by atoms with Crippen molar-refractivity contribution < 1.29 is 13.2 Å². The van der Waals surface area contributed by atoms with E-state index in [0.717, 1.165) is 6.42 Å². The zero-order valence-corrected chi connectivity index (χ0v) is 11.8. The smallest absolute Gasteiger partial charge is 0.384 e. The molecule has 2 rings (SSSR count). The van der Waals surface area contributed by atoms with Gasteiger partial charge in [-0.25, -0.2) is 9.97 Å². The lowest BCUT2D eigenvalue weighted by Gasteiger charge is -2.27. The molecule has 0 aliphatic carbocycles. The standard InChI is InChI=1S/C13H19F3N4/c1-12(2,3)8-4-5-20(7-8)10-6-9(17)18-11(19-10)13(14,15)16/h6,8H,4-5,7H2,1-3H3,(H2,17,18,19). The van der Waals surface area contributed by atoms with E-state index in [0.29, 0.717) is 19.0 Å². The van der Waals surface area contributed by atoms with Crippen molar-refractivity contribution in [3.05, 3.63) is 11.9 Å². The Morgan fingerprint density at radius 1 is 1.25 bits per heavy atom. The molecular weight excluding hydrogens is 269 g/mol. The zero-order valence-electron chi connectivity index (χ0n) is 11.8. The third-order valence-corrected chi connectivity index (χ3v) is 3.72. The van der Waals surface area contributed by atoms with Crippen molar-refractivity contribution in [2.75, 3.05) is 23.7 Å². The molecule has 0 radical (unpaired) electrons. The molecule has 1 aromatic rings. The fourth-order valence-electron chi connectivity index (χ4n) is 2.42. The third-order valence-electron chi connectivity index (χ3n) is 3.72. The minimum Gasteiger partial charge on any atom is -0.384 e. The van der Waals surface area contributed by atoms with Gasteiger partial charge in [-0.3, -0.25) is 0 Å². The van der Waals surface area contributed by atoms with E-state index in [1.165, 1.54) is 6.07 Å². The van der Waals surface area contributed by atoms with Crippen LogP contribution in [0.3, 0.4) is 0 Å². The summed E-state index contributed by atoms with van der Waals surface area (Å²) in [5, 5.41) is 0. The van der Waals surface area contributed by atoms with Crippen molar-refractivity contribution in [2.45, 2.75) is 33.4 Å². The fraction of sp³-hybridized carbons (Fsp3) is 0.692. The van der Waals surface area contributed by atoms with Crippen molar-refractivity contribution in [3.8, 4) is 0 Å². The first-order valence-corrected chi connectivity index (χ1v) is 6.54. The molecule has 1 aliphatic heterocycles. The Bertz CT molecular complexity index is 493. The van der Waals surface area contributed by atoms with Gasteiger partial charge in [-0.05, 0) is 17.8 Å². The number of nitrogens with two attached hydrogens (primary N) is 1. The van der Waals surface area contributed by atoms with Gasteiger partial charge in [-0.1, -0.05) is 20.8 Å². The van der Waals surface area contributed by atoms with Crippen LogP contribution in [-0.4, -0.2) is 23.1 Å². The van der Waals surface area contributed by atoms with E-state index in [1.807, 2.05) is 4.90 Å². The third kappa shape index (κ3) is 3.13. The summed E-state index contributed by atoms with van der Waals surface area (Å²) in [4.78, 5) is 8.72. The van der Waals surface area contributed by atoms with Gasteiger partial charge in [0.05, 0.1) is 0 Å². The predicted molar refractivity (Wildman–Crippen MR) is 71.2 cm³/mol. The van der Waals surface area contributed by atoms with Gasteiger partial charge in [-0.15, -0.1) is 0 Å². The first kappa shape index (κ1) is 14.9. The maximum atomic E-state index is 12.7. The van der Waals surface area contributed by atoms with Gasteiger partial charge >= 0.3 is 6.18 Å². The highest BCUT2D eigenvalue weighted by atomic mass is 19.4. The highest BCUT2D eigenvalue weighted by Crippen LogP contribution is 2.36. The molecule has 0 bridgehead atoms. The zero-order chi connectivity index (χ0) is 15.1. The molecule has 4 nitrogen and oxygen atoms in total. The van der Waals surface area contributed by atoms with E-state index in [9.17, 15) is 13.2 Å². The number of hydrogen-bond acceptors (Lipinski definition) is 4. The summed E-state index contributed by atoms with van der Waals surface area (Å²) in [6.07, 6.45) is -3.64. The van der Waals surface area contributed by atoms with Gasteiger partial charge in [0.15, 0.2) is 0 Å². The summed E-state index contributed by atoms with van der Waals surface area (Å²) in [6, 6.07) is 1.40. The maximum absolute atomic E-state index is 12.7. The SMILES string of the molecule is CC(C)(C)C1CCN(c2cc(N)nc(C(F)(F)F)n2)C1. The van der Waals surface area contributed by atoms with Gasteiger partial charge in [0.25, 0.3) is 0 Å². The number of anilines is 2. The molecule has 0 saturated carbocycles. The van der Waals surface area contributed by atoms with Crippen LogP contribution in [0.5, 0.6) is 0 Å². The van der Waals surface area contributed by atoms with E-state index in [-0.39, 0.29) is 17.1 Å². The fourth-order valence-corrected chi connectivity index (χ4v) is 2.42. The second-order valence-corrected chi connectivity index (χ2v) is 6.27. The van der Waals surface area contributed by atoms with E-state index in [2.05, 4.69) is 30.7 Å². The van der Waals surface area contributed by atoms with Crippen LogP contribution in [-0.2, 0) is 6.18 Å². The van der Waals surface area contributed by atoms with Crippen LogP contribution in [0.4, 0.5) is 24.8 Å². The molecular formula is C13H19F3N4. The van der Waals surface area contributed by atoms with E-state index in [4.69, 9.17) is 5.73 Å². The first-order valence-electron chi connectivity index (χ1n) is 6.54. The van der Waals surface area contributed by atoms with Crippen molar-refractivity contribution in [2.24, 2.45) is 11.3 Å². The topological polar surface area (TPSA) is 55.0 Å². The highest BCUT2D eigenvalue weighted by Gasteiger charge is 2.37. The summed E-state index contributed by atoms with van der Waals surface area (Å²) in [5.74, 6) is -0.641. The van der Waals surface area contributed by atoms with Crippen LogP contribution in [0, 0.1) is 11.3 Å². The molecule has 2 N–H and O–H groups in total. The van der Waals surface area contributed by atoms with Crippen LogP contribution >= 0.6 is 0 Å². The number of nitrogens with zero attached hydrogens (tertiary/aromatic N) is 3. The maximum Gasteiger partial charge on any atom is 0.451 e. The predicted octanol–water partition coefficient (Wildman–Crippen LogP) is 2.95. The van der Waals surface area contributed by atoms with Gasteiger partial charge in [0, 0.05) is 19.2 Å². The molecule has 1 saturated heterocycles. The Morgan fingerprint density at radius 2 is 1.90 bits per heavy atom. The number of rotatable bonds is 1. The van der Waals surface area contributed by atoms with Gasteiger partial charge in [0.1, 0.15) is 11.6 Å². The molecule has 0 aromatic carbocycles. The minimum atomic E-state index is -4.58. The first-order chi connectivity index (χ1) is 9.07. The summed E-state index contributed by atoms with van der Waals surface area (Å²) in [6.45, 7) is 7.79. The summed E-state index contributed by atoms with van der Waals surface area (Å²) >= 11 is 0. The van der Waals surface area contributed by atoms with Crippen LogP contribution in [0.1, 0.15) is 33.0 Å². The molecule has 2 heterocycles. The highest BCUT2D eigenvalue weighted by molar-refractivity contribution is 5.48. The Balaban J connectivity index is 2.25. The summed E-state index contributed by atoms with van der Waals surface area (Å²) in [5.41, 5.74) is 5.59. The molecule has 7 heteroatoms. The second-order valence-electron chi connectivity index (χ2n) is 6.27. The minimum absolute atomic E-state index is 0.125. The van der Waals surface area contributed by atoms with Crippen molar-refractivity contribution in [1.29, 1.82) is 0 Å². The monoisotopic (exact) mass is 288 g/mol. The lowest BCUT2D eigenvalue weighted by atomic mass is 9.80. The number of alkyl halides is 3. The molecule has 112 valence electrons. The Kier molecular flexibility index (Phi) is 3.56. The number of halogens is 3. The van der Waals surface area contributed by atoms with Crippen LogP contribution in [0.2, 0.25) is 0 Å². The van der Waals surface area contributed by atoms with Crippen molar-refractivity contribution in [1.82, 2.24) is 9.97 Å². The lowest BCUT2D eigenvalue weighted by molar-refractivity contribution is -0.144. The molecule has 1 atom stereocenters. The summed E-state index contributed by atoms with van der Waals surface area (Å²) < 4.78 is 38.1. The van der Waals surface area contributed by atoms with Gasteiger partial charge in [0.2, 0.25) is 5.82 Å². The number of hydrogen-bond donors (Lipinski definition) is 1. The van der Waals surface area contributed by atoms with Crippen LogP contribution < -0.4 is 10.6 Å². The van der Waals surface area contributed by atoms with E-state index >= 15 is 0 Å². The van der Waals surface area contributed by atoms with Gasteiger partial charge < -0.3 is 10.6 Å². The van der Waals surface area contributed by atoms with E-state index < -0.39 is 12.0 Å². The lowest BCUT2D eigenvalue weighted by Crippen LogP contribution is -2.27. The quantitative estimate of drug-likeness (QED) is 0.863. The molecule has 0 amide bonds. The second kappa shape index (κ2) is 4.79. The number of nitrogen functional groups attached to an aromatic ring is 1. The van der Waals surface area contributed by atoms with Crippen molar-refractivity contribution in [3.63, 3.8) is 0 Å². The van der Waals surface area contributed by atoms with Crippen LogP contribution in [0.25, 0.3) is 0 Å². The summed E-state index contributed by atoms with van der Waals surface area (Å²) in [7, 11) is 0. The molecule has 1 aliphatic rings. The van der Waals surface area contributed by atoms with Crippen molar-refractivity contribution >= 4 is 11.6 Å². The number of aromatic nitrogens is 2. The Labute approximate surface area is 116 Å². The van der Waals surface area contributed by atoms with E-state index in [1.54, 1.807) is 0 Å². The largest absolute Gasteiger partial charge is 0.451 e. The normalized spacial score (nSPS) is 20.5. The molecule has 0 spiro atoms. The Hall–Kier alpha value is -1.53. The molecule has 20 heavy (non-hydrogen) atoms. The Morgan fingerprint density at radius 3 is 2.40 bits per heavy atom. The average molecular weight is 288 g/mol. The van der Waals surface area contributed by atoms with Gasteiger partial charge in [-0.2, -0.15) is 13.2 Å². The molecule has 1 aromatic heterocycles. The van der Waals surface area contributed by atoms with Crippen LogP contribution in [0.15, 0.2) is 6.07 Å². The molecule has 1 fully saturated rings. The molecule has 1 unspecified atom stereocenters. The average Bonchev–Trinajstić information content (AvgIpc) is 2.75.